The minimum atomic E-state index is -0.412. The summed E-state index contributed by atoms with van der Waals surface area (Å²) in [4.78, 5) is 3.89. The fourth-order valence-corrected chi connectivity index (χ4v) is 2.57. The summed E-state index contributed by atoms with van der Waals surface area (Å²) in [5.74, 6) is 0.138. The lowest BCUT2D eigenvalue weighted by Gasteiger charge is -2.25. The first-order chi connectivity index (χ1) is 8.30. The van der Waals surface area contributed by atoms with E-state index in [0.29, 0.717) is 19.1 Å². The summed E-state index contributed by atoms with van der Waals surface area (Å²) in [5.41, 5.74) is -0.00996. The number of aromatic nitrogens is 1. The van der Waals surface area contributed by atoms with Crippen LogP contribution in [0.25, 0.3) is 0 Å². The molecule has 2 fully saturated rings. The number of pyridine rings is 1. The van der Waals surface area contributed by atoms with Gasteiger partial charge in [-0.2, -0.15) is 0 Å². The Bertz CT molecular complexity index is 403. The summed E-state index contributed by atoms with van der Waals surface area (Å²) in [6, 6.07) is 2.91. The Kier molecular flexibility index (Phi) is 2.72. The highest BCUT2D eigenvalue weighted by Crippen LogP contribution is 2.37. The molecule has 0 bridgehead atoms. The highest BCUT2D eigenvalue weighted by molar-refractivity contribution is 5.13. The maximum Gasteiger partial charge on any atom is 0.250 e. The molecule has 4 nitrogen and oxygen atoms in total. The van der Waals surface area contributed by atoms with E-state index < -0.39 is 5.82 Å². The fraction of sp³-hybridized carbons (Fsp3) is 0.583. The third kappa shape index (κ3) is 1.89. The standard InChI is InChI=1S/C12H15FN2O2/c13-10-2-1-3-15-11(10)17-8-12-6-14-4-9(12)5-16-7-12/h1-3,9,14H,4-8H2/t9-,12+/m1/s1. The number of nitrogens with zero attached hydrogens (tertiary/aromatic N) is 1. The van der Waals surface area contributed by atoms with E-state index in [9.17, 15) is 4.39 Å². The van der Waals surface area contributed by atoms with Gasteiger partial charge in [-0.1, -0.05) is 0 Å². The minimum absolute atomic E-state index is 0.00996. The van der Waals surface area contributed by atoms with Crippen LogP contribution in [0.2, 0.25) is 0 Å². The zero-order valence-electron chi connectivity index (χ0n) is 9.49. The molecule has 3 heterocycles. The molecule has 1 aromatic rings. The molecule has 0 aromatic carbocycles. The van der Waals surface area contributed by atoms with Crippen LogP contribution in [-0.2, 0) is 4.74 Å². The minimum Gasteiger partial charge on any atom is -0.475 e. The van der Waals surface area contributed by atoms with Crippen LogP contribution in [0.15, 0.2) is 18.3 Å². The third-order valence-corrected chi connectivity index (χ3v) is 3.66. The lowest BCUT2D eigenvalue weighted by molar-refractivity contribution is 0.104. The summed E-state index contributed by atoms with van der Waals surface area (Å²) in [6.07, 6.45) is 1.53. The molecule has 3 rings (SSSR count). The zero-order chi connectivity index (χ0) is 11.7. The van der Waals surface area contributed by atoms with E-state index in [1.54, 1.807) is 6.07 Å². The van der Waals surface area contributed by atoms with Crippen molar-refractivity contribution in [2.45, 2.75) is 0 Å². The number of ether oxygens (including phenoxy) is 2. The van der Waals surface area contributed by atoms with Gasteiger partial charge in [0.15, 0.2) is 5.82 Å². The predicted molar refractivity (Wildman–Crippen MR) is 59.3 cm³/mol. The van der Waals surface area contributed by atoms with Gasteiger partial charge in [0.1, 0.15) is 0 Å². The van der Waals surface area contributed by atoms with E-state index in [4.69, 9.17) is 9.47 Å². The molecule has 2 saturated heterocycles. The van der Waals surface area contributed by atoms with E-state index in [1.807, 2.05) is 0 Å². The van der Waals surface area contributed by atoms with Crippen molar-refractivity contribution < 1.29 is 13.9 Å². The molecule has 0 amide bonds. The average Bonchev–Trinajstić information content (AvgIpc) is 2.87. The third-order valence-electron chi connectivity index (χ3n) is 3.66. The van der Waals surface area contributed by atoms with Crippen molar-refractivity contribution in [3.05, 3.63) is 24.1 Å². The molecule has 0 radical (unpaired) electrons. The van der Waals surface area contributed by atoms with E-state index >= 15 is 0 Å². The lowest BCUT2D eigenvalue weighted by Crippen LogP contribution is -2.36. The second-order valence-corrected chi connectivity index (χ2v) is 4.78. The van der Waals surface area contributed by atoms with Gasteiger partial charge in [-0.15, -0.1) is 0 Å². The van der Waals surface area contributed by atoms with Crippen molar-refractivity contribution >= 4 is 0 Å². The summed E-state index contributed by atoms with van der Waals surface area (Å²) in [5, 5.41) is 3.34. The van der Waals surface area contributed by atoms with Crippen LogP contribution < -0.4 is 10.1 Å². The van der Waals surface area contributed by atoms with Gasteiger partial charge in [0.05, 0.1) is 19.8 Å². The summed E-state index contributed by atoms with van der Waals surface area (Å²) in [6.45, 7) is 3.72. The van der Waals surface area contributed by atoms with E-state index in [0.717, 1.165) is 19.7 Å². The molecule has 0 aliphatic carbocycles. The number of nitrogens with one attached hydrogen (secondary N) is 1. The molecule has 2 atom stereocenters. The molecule has 2 aliphatic heterocycles. The zero-order valence-corrected chi connectivity index (χ0v) is 9.49. The maximum absolute atomic E-state index is 13.4. The van der Waals surface area contributed by atoms with E-state index in [-0.39, 0.29) is 11.3 Å². The fourth-order valence-electron chi connectivity index (χ4n) is 2.57. The molecule has 0 saturated carbocycles. The van der Waals surface area contributed by atoms with Gasteiger partial charge in [-0.25, -0.2) is 9.37 Å². The van der Waals surface area contributed by atoms with E-state index in [1.165, 1.54) is 12.3 Å². The van der Waals surface area contributed by atoms with Crippen LogP contribution in [0.3, 0.4) is 0 Å². The van der Waals surface area contributed by atoms with Crippen LogP contribution in [0.1, 0.15) is 0 Å². The molecule has 0 spiro atoms. The number of halogens is 1. The van der Waals surface area contributed by atoms with Crippen molar-refractivity contribution in [1.29, 1.82) is 0 Å². The maximum atomic E-state index is 13.4. The smallest absolute Gasteiger partial charge is 0.250 e. The number of hydrogen-bond acceptors (Lipinski definition) is 4. The molecule has 92 valence electrons. The largest absolute Gasteiger partial charge is 0.475 e. The highest BCUT2D eigenvalue weighted by atomic mass is 19.1. The summed E-state index contributed by atoms with van der Waals surface area (Å²) < 4.78 is 24.4. The molecule has 1 N–H and O–H groups in total. The van der Waals surface area contributed by atoms with Crippen LogP contribution >= 0.6 is 0 Å². The average molecular weight is 238 g/mol. The van der Waals surface area contributed by atoms with Crippen molar-refractivity contribution in [1.82, 2.24) is 10.3 Å². The van der Waals surface area contributed by atoms with Gasteiger partial charge in [0.2, 0.25) is 5.88 Å². The van der Waals surface area contributed by atoms with Gasteiger partial charge in [-0.05, 0) is 12.1 Å². The molecule has 0 unspecified atom stereocenters. The van der Waals surface area contributed by atoms with Crippen LogP contribution in [-0.4, -0.2) is 37.9 Å². The van der Waals surface area contributed by atoms with E-state index in [2.05, 4.69) is 10.3 Å². The molecular weight excluding hydrogens is 223 g/mol. The number of fused-ring (bicyclic) bond motifs is 1. The van der Waals surface area contributed by atoms with Crippen LogP contribution in [0.4, 0.5) is 4.39 Å². The Morgan fingerprint density at radius 2 is 2.59 bits per heavy atom. The van der Waals surface area contributed by atoms with Crippen molar-refractivity contribution in [3.8, 4) is 5.88 Å². The Morgan fingerprint density at radius 3 is 3.47 bits per heavy atom. The molecular formula is C12H15FN2O2. The second kappa shape index (κ2) is 4.23. The van der Waals surface area contributed by atoms with Gasteiger partial charge < -0.3 is 14.8 Å². The summed E-state index contributed by atoms with van der Waals surface area (Å²) in [7, 11) is 0. The van der Waals surface area contributed by atoms with Gasteiger partial charge >= 0.3 is 0 Å². The van der Waals surface area contributed by atoms with Crippen molar-refractivity contribution in [2.24, 2.45) is 11.3 Å². The molecule has 5 heteroatoms. The Labute approximate surface area is 99.1 Å². The quantitative estimate of drug-likeness (QED) is 0.847. The first kappa shape index (κ1) is 10.9. The number of hydrogen-bond donors (Lipinski definition) is 1. The van der Waals surface area contributed by atoms with Gasteiger partial charge in [-0.3, -0.25) is 0 Å². The topological polar surface area (TPSA) is 43.4 Å². The Morgan fingerprint density at radius 1 is 1.65 bits per heavy atom. The van der Waals surface area contributed by atoms with Crippen LogP contribution in [0.5, 0.6) is 5.88 Å². The second-order valence-electron chi connectivity index (χ2n) is 4.78. The first-order valence-electron chi connectivity index (χ1n) is 5.82. The van der Waals surface area contributed by atoms with Gasteiger partial charge in [0, 0.05) is 30.6 Å². The highest BCUT2D eigenvalue weighted by Gasteiger charge is 2.48. The Balaban J connectivity index is 1.70. The monoisotopic (exact) mass is 238 g/mol. The van der Waals surface area contributed by atoms with Gasteiger partial charge in [0.25, 0.3) is 0 Å². The Hall–Kier alpha value is -1.20. The van der Waals surface area contributed by atoms with Crippen molar-refractivity contribution in [2.75, 3.05) is 32.9 Å². The lowest BCUT2D eigenvalue weighted by atomic mass is 9.82. The predicted octanol–water partition coefficient (Wildman–Crippen LogP) is 0.835. The normalized spacial score (nSPS) is 31.5. The molecule has 2 aliphatic rings. The SMILES string of the molecule is Fc1cccnc1OC[C@@]12CNC[C@@H]1COC2. The molecule has 1 aromatic heterocycles. The van der Waals surface area contributed by atoms with Crippen LogP contribution in [0, 0.1) is 17.2 Å². The number of rotatable bonds is 3. The van der Waals surface area contributed by atoms with Crippen molar-refractivity contribution in [3.63, 3.8) is 0 Å². The molecule has 17 heavy (non-hydrogen) atoms. The first-order valence-corrected chi connectivity index (χ1v) is 5.82. The summed E-state index contributed by atoms with van der Waals surface area (Å²) >= 11 is 0.